The number of para-hydroxylation sites is 1. The number of rotatable bonds is 6. The van der Waals surface area contributed by atoms with Crippen molar-refractivity contribution in [3.05, 3.63) is 75.7 Å². The molecule has 1 fully saturated rings. The molecule has 0 atom stereocenters. The number of hydrogen-bond donors (Lipinski definition) is 2. The van der Waals surface area contributed by atoms with Crippen LogP contribution in [0.15, 0.2) is 59.4 Å². The van der Waals surface area contributed by atoms with Crippen molar-refractivity contribution in [2.45, 2.75) is 25.2 Å². The zero-order chi connectivity index (χ0) is 25.4. The molecule has 6 rings (SSSR count). The first-order chi connectivity index (χ1) is 18.0. The van der Waals surface area contributed by atoms with Gasteiger partial charge in [-0.3, -0.25) is 14.3 Å². The Morgan fingerprint density at radius 3 is 2.78 bits per heavy atom. The Morgan fingerprint density at radius 1 is 1.14 bits per heavy atom. The maximum absolute atomic E-state index is 13.0. The van der Waals surface area contributed by atoms with Crippen LogP contribution in [0.1, 0.15) is 39.8 Å². The van der Waals surface area contributed by atoms with Gasteiger partial charge in [-0.2, -0.15) is 5.10 Å². The topological polar surface area (TPSA) is 95.9 Å². The average Bonchev–Trinajstić information content (AvgIpc) is 3.72. The number of aromatic amines is 1. The number of carbonyl (C=O) groups is 2. The van der Waals surface area contributed by atoms with Gasteiger partial charge in [0.05, 0.1) is 16.3 Å². The van der Waals surface area contributed by atoms with E-state index < -0.39 is 0 Å². The van der Waals surface area contributed by atoms with E-state index >= 15 is 0 Å². The number of aromatic nitrogens is 4. The Bertz CT molecular complexity index is 1560. The molecule has 8 nitrogen and oxygen atoms in total. The molecule has 1 aliphatic rings. The highest BCUT2D eigenvalue weighted by Gasteiger charge is 2.27. The van der Waals surface area contributed by atoms with Crippen LogP contribution in [0, 0.1) is 0 Å². The molecular formula is C27H26N6O2S2. The van der Waals surface area contributed by atoms with Gasteiger partial charge in [-0.25, -0.2) is 4.98 Å². The average molecular weight is 531 g/mol. The fraction of sp³-hybridized carbons (Fsp3) is 0.259. The highest BCUT2D eigenvalue weighted by Crippen LogP contribution is 2.31. The molecule has 188 valence electrons. The van der Waals surface area contributed by atoms with Crippen molar-refractivity contribution in [3.8, 4) is 10.6 Å². The summed E-state index contributed by atoms with van der Waals surface area (Å²) in [5.74, 6) is 0.797. The van der Waals surface area contributed by atoms with Crippen molar-refractivity contribution in [2.75, 3.05) is 18.4 Å². The summed E-state index contributed by atoms with van der Waals surface area (Å²) in [4.78, 5) is 36.8. The molecule has 0 spiro atoms. The lowest BCUT2D eigenvalue weighted by molar-refractivity contribution is -0.131. The largest absolute Gasteiger partial charge is 0.361 e. The first kappa shape index (κ1) is 23.6. The van der Waals surface area contributed by atoms with Gasteiger partial charge in [-0.05, 0) is 35.9 Å². The van der Waals surface area contributed by atoms with E-state index in [9.17, 15) is 9.59 Å². The molecule has 0 radical (unpaired) electrons. The standard InChI is InChI=1S/C27H26N6O2S2/c1-32-24(14-21(31-32)23-7-4-12-36-23)30-26(35)22-16-37-27(29-22)17-8-10-33(11-9-17)25(34)13-18-15-28-20-6-3-2-5-19(18)20/h2-7,12,14-17,28H,8-11,13H2,1H3,(H,30,35). The number of fused-ring (bicyclic) bond motifs is 1. The lowest BCUT2D eigenvalue weighted by atomic mass is 9.97. The van der Waals surface area contributed by atoms with E-state index in [2.05, 4.69) is 20.4 Å². The summed E-state index contributed by atoms with van der Waals surface area (Å²) in [5.41, 5.74) is 3.34. The second-order valence-electron chi connectivity index (χ2n) is 9.23. The summed E-state index contributed by atoms with van der Waals surface area (Å²) in [5, 5.41) is 13.3. The summed E-state index contributed by atoms with van der Waals surface area (Å²) in [7, 11) is 1.81. The smallest absolute Gasteiger partial charge is 0.276 e. The number of nitrogens with zero attached hydrogens (tertiary/aromatic N) is 4. The van der Waals surface area contributed by atoms with Crippen LogP contribution in [0.2, 0.25) is 0 Å². The van der Waals surface area contributed by atoms with E-state index in [1.807, 2.05) is 71.4 Å². The van der Waals surface area contributed by atoms with E-state index in [-0.39, 0.29) is 17.7 Å². The SMILES string of the molecule is Cn1nc(-c2cccs2)cc1NC(=O)c1csc(C2CCN(C(=O)Cc3c[nH]c4ccccc34)CC2)n1. The van der Waals surface area contributed by atoms with Gasteiger partial charge >= 0.3 is 0 Å². The molecule has 0 unspecified atom stereocenters. The maximum Gasteiger partial charge on any atom is 0.276 e. The van der Waals surface area contributed by atoms with Crippen LogP contribution in [0.4, 0.5) is 5.82 Å². The molecule has 1 aliphatic heterocycles. The van der Waals surface area contributed by atoms with Crippen LogP contribution in [0.3, 0.4) is 0 Å². The van der Waals surface area contributed by atoms with Crippen molar-refractivity contribution in [3.63, 3.8) is 0 Å². The van der Waals surface area contributed by atoms with Gasteiger partial charge in [0.25, 0.3) is 5.91 Å². The van der Waals surface area contributed by atoms with Crippen molar-refractivity contribution >= 4 is 51.2 Å². The summed E-state index contributed by atoms with van der Waals surface area (Å²) in [6.45, 7) is 1.40. The fourth-order valence-electron chi connectivity index (χ4n) is 4.82. The number of benzene rings is 1. The van der Waals surface area contributed by atoms with Crippen LogP contribution >= 0.6 is 22.7 Å². The van der Waals surface area contributed by atoms with Gasteiger partial charge in [0, 0.05) is 54.6 Å². The van der Waals surface area contributed by atoms with E-state index in [0.29, 0.717) is 31.0 Å². The predicted octanol–water partition coefficient (Wildman–Crippen LogP) is 5.29. The van der Waals surface area contributed by atoms with Crippen molar-refractivity contribution in [1.82, 2.24) is 24.6 Å². The summed E-state index contributed by atoms with van der Waals surface area (Å²) in [6, 6.07) is 13.9. The minimum absolute atomic E-state index is 0.153. The first-order valence-corrected chi connectivity index (χ1v) is 14.0. The Morgan fingerprint density at radius 2 is 1.97 bits per heavy atom. The molecule has 2 N–H and O–H groups in total. The Labute approximate surface area is 222 Å². The molecule has 0 aliphatic carbocycles. The van der Waals surface area contributed by atoms with E-state index in [1.165, 1.54) is 11.3 Å². The van der Waals surface area contributed by atoms with Crippen LogP contribution in [0.25, 0.3) is 21.5 Å². The second-order valence-corrected chi connectivity index (χ2v) is 11.1. The lowest BCUT2D eigenvalue weighted by Crippen LogP contribution is -2.38. The molecule has 4 aromatic heterocycles. The fourth-order valence-corrected chi connectivity index (χ4v) is 6.47. The summed E-state index contributed by atoms with van der Waals surface area (Å²) in [6.07, 6.45) is 4.03. The minimum atomic E-state index is -0.241. The van der Waals surface area contributed by atoms with Crippen LogP contribution in [0.5, 0.6) is 0 Å². The zero-order valence-corrected chi connectivity index (χ0v) is 21.9. The number of piperidine rings is 1. The number of hydrogen-bond acceptors (Lipinski definition) is 6. The van der Waals surface area contributed by atoms with Gasteiger partial charge in [0.15, 0.2) is 0 Å². The molecule has 1 saturated heterocycles. The molecule has 0 saturated carbocycles. The number of thiazole rings is 1. The van der Waals surface area contributed by atoms with Crippen molar-refractivity contribution in [2.24, 2.45) is 7.05 Å². The molecule has 5 aromatic rings. The zero-order valence-electron chi connectivity index (χ0n) is 20.3. The van der Waals surface area contributed by atoms with Crippen LogP contribution in [-0.2, 0) is 18.3 Å². The number of thiophene rings is 1. The third kappa shape index (κ3) is 4.82. The number of likely N-dealkylation sites (tertiary alicyclic amines) is 1. The van der Waals surface area contributed by atoms with E-state index in [4.69, 9.17) is 0 Å². The Hall–Kier alpha value is -3.76. The minimum Gasteiger partial charge on any atom is -0.361 e. The quantitative estimate of drug-likeness (QED) is 0.312. The monoisotopic (exact) mass is 530 g/mol. The molecule has 0 bridgehead atoms. The van der Waals surface area contributed by atoms with Gasteiger partial charge in [-0.1, -0.05) is 24.3 Å². The number of anilines is 1. The number of amides is 2. The lowest BCUT2D eigenvalue weighted by Gasteiger charge is -2.31. The molecule has 2 amide bonds. The van der Waals surface area contributed by atoms with E-state index in [0.717, 1.165) is 44.9 Å². The van der Waals surface area contributed by atoms with Crippen LogP contribution < -0.4 is 5.32 Å². The van der Waals surface area contributed by atoms with Gasteiger partial charge in [0.1, 0.15) is 17.2 Å². The number of nitrogens with one attached hydrogen (secondary N) is 2. The normalized spacial score (nSPS) is 14.4. The molecule has 5 heterocycles. The number of H-pyrrole nitrogens is 1. The third-order valence-corrected chi connectivity index (χ3v) is 8.76. The predicted molar refractivity (Wildman–Crippen MR) is 147 cm³/mol. The van der Waals surface area contributed by atoms with Gasteiger partial charge < -0.3 is 15.2 Å². The Kier molecular flexibility index (Phi) is 6.35. The molecular weight excluding hydrogens is 504 g/mol. The second kappa shape index (κ2) is 9.95. The third-order valence-electron chi connectivity index (χ3n) is 6.86. The van der Waals surface area contributed by atoms with Gasteiger partial charge in [0.2, 0.25) is 5.91 Å². The first-order valence-electron chi connectivity index (χ1n) is 12.2. The number of carbonyl (C=O) groups excluding carboxylic acids is 2. The van der Waals surface area contributed by atoms with Crippen LogP contribution in [-0.4, -0.2) is 49.6 Å². The molecule has 37 heavy (non-hydrogen) atoms. The highest BCUT2D eigenvalue weighted by atomic mass is 32.1. The van der Waals surface area contributed by atoms with E-state index in [1.54, 1.807) is 16.0 Å². The molecule has 1 aromatic carbocycles. The molecule has 10 heteroatoms. The van der Waals surface area contributed by atoms with Gasteiger partial charge in [-0.15, -0.1) is 22.7 Å². The Balaban J connectivity index is 1.05. The number of aryl methyl sites for hydroxylation is 1. The van der Waals surface area contributed by atoms with Crippen molar-refractivity contribution < 1.29 is 9.59 Å². The maximum atomic E-state index is 13.0. The summed E-state index contributed by atoms with van der Waals surface area (Å²) >= 11 is 3.13. The summed E-state index contributed by atoms with van der Waals surface area (Å²) < 4.78 is 1.67. The van der Waals surface area contributed by atoms with Crippen molar-refractivity contribution in [1.29, 1.82) is 0 Å². The highest BCUT2D eigenvalue weighted by molar-refractivity contribution is 7.13.